The van der Waals surface area contributed by atoms with Gasteiger partial charge >= 0.3 is 6.09 Å². The van der Waals surface area contributed by atoms with Crippen LogP contribution in [0.15, 0.2) is 53.4 Å². The van der Waals surface area contributed by atoms with Gasteiger partial charge in [-0.25, -0.2) is 13.2 Å². The van der Waals surface area contributed by atoms with Crippen molar-refractivity contribution in [3.63, 3.8) is 0 Å². The number of amides is 3. The Morgan fingerprint density at radius 2 is 1.76 bits per heavy atom. The summed E-state index contributed by atoms with van der Waals surface area (Å²) in [7, 11) is -2.65. The van der Waals surface area contributed by atoms with Crippen molar-refractivity contribution in [2.75, 3.05) is 36.4 Å². The van der Waals surface area contributed by atoms with Gasteiger partial charge in [-0.15, -0.1) is 11.3 Å². The molecule has 2 aliphatic heterocycles. The monoisotopic (exact) mass is 596 g/mol. The Hall–Kier alpha value is -3.74. The number of carbonyl (C=O) groups excluding carboxylic acids is 3. The van der Waals surface area contributed by atoms with Crippen molar-refractivity contribution in [1.82, 2.24) is 10.2 Å². The number of methoxy groups -OCH3 is 1. The number of aryl methyl sites for hydroxylation is 1. The number of benzene rings is 2. The molecular formula is C29H32N4O6S2. The molecule has 0 saturated heterocycles. The summed E-state index contributed by atoms with van der Waals surface area (Å²) in [4.78, 5) is 41.4. The minimum atomic E-state index is -3.82. The van der Waals surface area contributed by atoms with Crippen molar-refractivity contribution >= 4 is 50.0 Å². The maximum atomic E-state index is 13.5. The predicted octanol–water partition coefficient (Wildman–Crippen LogP) is 4.41. The number of thiophene rings is 1. The first-order valence-electron chi connectivity index (χ1n) is 13.5. The molecule has 3 amide bonds. The first-order chi connectivity index (χ1) is 19.7. The van der Waals surface area contributed by atoms with Crippen LogP contribution in [0.1, 0.15) is 56.5 Å². The SMILES string of the molecule is CCCN1CCc2c(sc(NC(=O)c3ccc(S(=O)(=O)N4CCCc5ccccc54)cc3)c2C(=O)NC(=O)OC)C1. The summed E-state index contributed by atoms with van der Waals surface area (Å²) in [6.07, 6.45) is 2.27. The fraction of sp³-hybridized carbons (Fsp3) is 0.345. The lowest BCUT2D eigenvalue weighted by Gasteiger charge is -2.30. The summed E-state index contributed by atoms with van der Waals surface area (Å²) < 4.78 is 33.0. The van der Waals surface area contributed by atoms with Gasteiger partial charge in [-0.2, -0.15) is 0 Å². The molecule has 0 saturated carbocycles. The second-order valence-electron chi connectivity index (χ2n) is 9.97. The molecule has 12 heteroatoms. The maximum absolute atomic E-state index is 13.5. The lowest BCUT2D eigenvalue weighted by molar-refractivity contribution is 0.0936. The number of nitrogens with zero attached hydrogens (tertiary/aromatic N) is 2. The van der Waals surface area contributed by atoms with Crippen LogP contribution in [0.25, 0.3) is 0 Å². The third-order valence-corrected chi connectivity index (χ3v) is 10.3. The number of hydrogen-bond acceptors (Lipinski definition) is 8. The molecule has 2 N–H and O–H groups in total. The number of alkyl carbamates (subject to hydrolysis) is 1. The zero-order valence-electron chi connectivity index (χ0n) is 22.9. The van der Waals surface area contributed by atoms with E-state index in [0.29, 0.717) is 30.2 Å². The number of imide groups is 1. The Bertz CT molecular complexity index is 1580. The average molecular weight is 597 g/mol. The average Bonchev–Trinajstić information content (AvgIpc) is 3.34. The normalized spacial score (nSPS) is 15.0. The van der Waals surface area contributed by atoms with E-state index in [-0.39, 0.29) is 16.0 Å². The first kappa shape index (κ1) is 28.8. The lowest BCUT2D eigenvalue weighted by atomic mass is 10.0. The fourth-order valence-electron chi connectivity index (χ4n) is 5.33. The molecule has 1 aromatic heterocycles. The van der Waals surface area contributed by atoms with Crippen LogP contribution < -0.4 is 14.9 Å². The van der Waals surface area contributed by atoms with Crippen LogP contribution in [0.2, 0.25) is 0 Å². The van der Waals surface area contributed by atoms with Crippen molar-refractivity contribution in [2.24, 2.45) is 0 Å². The Morgan fingerprint density at radius 1 is 1.00 bits per heavy atom. The van der Waals surface area contributed by atoms with Crippen molar-refractivity contribution in [2.45, 2.75) is 44.0 Å². The third kappa shape index (κ3) is 5.85. The molecule has 41 heavy (non-hydrogen) atoms. The molecule has 3 heterocycles. The highest BCUT2D eigenvalue weighted by Gasteiger charge is 2.31. The van der Waals surface area contributed by atoms with Crippen molar-refractivity contribution in [1.29, 1.82) is 0 Å². The van der Waals surface area contributed by atoms with Gasteiger partial charge in [0.05, 0.1) is 23.3 Å². The Morgan fingerprint density at radius 3 is 2.49 bits per heavy atom. The zero-order valence-corrected chi connectivity index (χ0v) is 24.6. The number of ether oxygens (including phenoxy) is 1. The van der Waals surface area contributed by atoms with Gasteiger partial charge in [-0.1, -0.05) is 25.1 Å². The standard InChI is InChI=1S/C29H32N4O6S2/c1-3-15-32-17-14-22-24(18-32)40-28(25(22)27(35)31-29(36)39-2)30-26(34)20-10-12-21(13-11-20)41(37,38)33-16-6-8-19-7-4-5-9-23(19)33/h4-5,7,9-13H,3,6,8,14-18H2,1-2H3,(H,30,34)(H,31,35,36). The van der Waals surface area contributed by atoms with E-state index in [0.717, 1.165) is 48.4 Å². The van der Waals surface area contributed by atoms with E-state index in [4.69, 9.17) is 0 Å². The number of fused-ring (bicyclic) bond motifs is 2. The van der Waals surface area contributed by atoms with Crippen LogP contribution in [0, 0.1) is 0 Å². The van der Waals surface area contributed by atoms with Gasteiger partial charge in [0, 0.05) is 30.1 Å². The predicted molar refractivity (Wildman–Crippen MR) is 157 cm³/mol. The van der Waals surface area contributed by atoms with E-state index in [1.54, 1.807) is 0 Å². The molecule has 216 valence electrons. The Balaban J connectivity index is 1.39. The highest BCUT2D eigenvalue weighted by atomic mass is 32.2. The largest absolute Gasteiger partial charge is 0.453 e. The maximum Gasteiger partial charge on any atom is 0.413 e. The Kier molecular flexibility index (Phi) is 8.43. The molecule has 0 radical (unpaired) electrons. The molecule has 0 aliphatic carbocycles. The molecule has 5 rings (SSSR count). The van der Waals surface area contributed by atoms with Crippen LogP contribution in [0.4, 0.5) is 15.5 Å². The second-order valence-corrected chi connectivity index (χ2v) is 12.9. The Labute approximate surface area is 243 Å². The molecule has 0 spiro atoms. The van der Waals surface area contributed by atoms with Gasteiger partial charge < -0.3 is 10.1 Å². The van der Waals surface area contributed by atoms with Crippen molar-refractivity contribution in [3.05, 3.63) is 75.7 Å². The topological polar surface area (TPSA) is 125 Å². The highest BCUT2D eigenvalue weighted by Crippen LogP contribution is 2.38. The molecule has 3 aromatic rings. The summed E-state index contributed by atoms with van der Waals surface area (Å²) in [5.41, 5.74) is 2.96. The molecule has 0 fully saturated rings. The first-order valence-corrected chi connectivity index (χ1v) is 15.8. The van der Waals surface area contributed by atoms with E-state index < -0.39 is 27.9 Å². The van der Waals surface area contributed by atoms with Gasteiger partial charge in [0.15, 0.2) is 0 Å². The van der Waals surface area contributed by atoms with Gasteiger partial charge in [0.2, 0.25) is 0 Å². The van der Waals surface area contributed by atoms with Crippen LogP contribution in [0.3, 0.4) is 0 Å². The second kappa shape index (κ2) is 12.0. The number of para-hydroxylation sites is 1. The molecular weight excluding hydrogens is 564 g/mol. The number of hydrogen-bond donors (Lipinski definition) is 2. The van der Waals surface area contributed by atoms with Crippen LogP contribution >= 0.6 is 11.3 Å². The van der Waals surface area contributed by atoms with Gasteiger partial charge in [0.25, 0.3) is 21.8 Å². The minimum absolute atomic E-state index is 0.0894. The van der Waals surface area contributed by atoms with E-state index >= 15 is 0 Å². The summed E-state index contributed by atoms with van der Waals surface area (Å²) in [6.45, 7) is 4.82. The quantitative estimate of drug-likeness (QED) is 0.414. The van der Waals surface area contributed by atoms with Gasteiger partial charge in [0.1, 0.15) is 5.00 Å². The molecule has 2 aromatic carbocycles. The smallest absolute Gasteiger partial charge is 0.413 e. The molecule has 2 aliphatic rings. The fourth-order valence-corrected chi connectivity index (χ4v) is 8.15. The number of sulfonamides is 1. The van der Waals surface area contributed by atoms with Crippen molar-refractivity contribution < 1.29 is 27.5 Å². The van der Waals surface area contributed by atoms with Crippen molar-refractivity contribution in [3.8, 4) is 0 Å². The van der Waals surface area contributed by atoms with Crippen LogP contribution in [-0.4, -0.2) is 58.0 Å². The van der Waals surface area contributed by atoms with Gasteiger partial charge in [-0.05, 0) is 73.7 Å². The molecule has 0 bridgehead atoms. The zero-order chi connectivity index (χ0) is 29.1. The van der Waals surface area contributed by atoms with E-state index in [2.05, 4.69) is 27.2 Å². The molecule has 0 atom stereocenters. The minimum Gasteiger partial charge on any atom is -0.453 e. The lowest BCUT2D eigenvalue weighted by Crippen LogP contribution is -2.35. The van der Waals surface area contributed by atoms with E-state index in [1.165, 1.54) is 47.0 Å². The molecule has 0 unspecified atom stereocenters. The molecule has 10 nitrogen and oxygen atoms in total. The number of nitrogens with one attached hydrogen (secondary N) is 2. The number of carbonyl (C=O) groups is 3. The summed E-state index contributed by atoms with van der Waals surface area (Å²) >= 11 is 1.31. The number of anilines is 2. The number of rotatable bonds is 7. The summed E-state index contributed by atoms with van der Waals surface area (Å²) in [5.74, 6) is -1.13. The third-order valence-electron chi connectivity index (χ3n) is 7.30. The van der Waals surface area contributed by atoms with Gasteiger partial charge in [-0.3, -0.25) is 24.1 Å². The van der Waals surface area contributed by atoms with Crippen LogP contribution in [0.5, 0.6) is 0 Å². The van der Waals surface area contributed by atoms with Crippen LogP contribution in [-0.2, 0) is 34.1 Å². The summed E-state index contributed by atoms with van der Waals surface area (Å²) in [5, 5.41) is 5.37. The van der Waals surface area contributed by atoms with E-state index in [9.17, 15) is 22.8 Å². The van der Waals surface area contributed by atoms with E-state index in [1.807, 2.05) is 24.3 Å². The highest BCUT2D eigenvalue weighted by molar-refractivity contribution is 7.92. The summed E-state index contributed by atoms with van der Waals surface area (Å²) in [6, 6.07) is 13.2.